The molecule has 6 heavy (non-hydrogen) atoms. The molecule has 0 amide bonds. The number of hydrogen-bond acceptors (Lipinski definition) is 0. The van der Waals surface area contributed by atoms with E-state index in [1.165, 1.54) is 0 Å². The van der Waals surface area contributed by atoms with E-state index in [0.717, 1.165) is 0 Å². The molecule has 0 spiro atoms. The Kier molecular flexibility index (Phi) is 13.8. The van der Waals surface area contributed by atoms with E-state index in [4.69, 9.17) is 0 Å². The van der Waals surface area contributed by atoms with Crippen molar-refractivity contribution in [2.45, 2.75) is 6.92 Å². The van der Waals surface area contributed by atoms with Gasteiger partial charge in [-0.15, -0.1) is 17.0 Å². The molecule has 0 saturated carbocycles. The first-order valence-electron chi connectivity index (χ1n) is 1.65. The van der Waals surface area contributed by atoms with Crippen LogP contribution in [0.1, 0.15) is 6.92 Å². The lowest BCUT2D eigenvalue weighted by Gasteiger charge is -1.56. The zero-order valence-corrected chi connectivity index (χ0v) is 5.56. The Labute approximate surface area is 49.3 Å². The fourth-order valence-corrected chi connectivity index (χ4v) is 0.136. The molecule has 0 bridgehead atoms. The number of allylic oxidation sites excluding steroid dienone is 3. The summed E-state index contributed by atoms with van der Waals surface area (Å²) < 4.78 is 0. The van der Waals surface area contributed by atoms with E-state index in [1.54, 1.807) is 6.08 Å². The van der Waals surface area contributed by atoms with Crippen LogP contribution < -0.4 is 0 Å². The van der Waals surface area contributed by atoms with E-state index < -0.39 is 0 Å². The largest absolute Gasteiger partial charge is 0.114 e. The third-order valence-corrected chi connectivity index (χ3v) is 0.329. The molecule has 0 N–H and O–H groups in total. The summed E-state index contributed by atoms with van der Waals surface area (Å²) in [5, 5.41) is 0. The highest BCUT2D eigenvalue weighted by molar-refractivity contribution is 8.93. The molecular weight excluding hydrogens is 140 g/mol. The molecule has 0 heterocycles. The number of halogens is 1. The molecule has 0 rings (SSSR count). The summed E-state index contributed by atoms with van der Waals surface area (Å²) in [5.41, 5.74) is 0. The molecule has 0 nitrogen and oxygen atoms in total. The van der Waals surface area contributed by atoms with Crippen LogP contribution in [-0.4, -0.2) is 0 Å². The monoisotopic (exact) mass is 148 g/mol. The molecule has 0 aromatic rings. The highest BCUT2D eigenvalue weighted by atomic mass is 79.9. The van der Waals surface area contributed by atoms with Gasteiger partial charge in [-0.05, 0) is 6.92 Å². The van der Waals surface area contributed by atoms with Crippen molar-refractivity contribution in [3.8, 4) is 0 Å². The Morgan fingerprint density at radius 2 is 2.00 bits per heavy atom. The summed E-state index contributed by atoms with van der Waals surface area (Å²) in [4.78, 5) is 0. The van der Waals surface area contributed by atoms with Crippen molar-refractivity contribution in [2.75, 3.05) is 0 Å². The molecule has 0 unspecified atom stereocenters. The predicted molar refractivity (Wildman–Crippen MR) is 35.3 cm³/mol. The molecule has 0 aliphatic carbocycles. The maximum atomic E-state index is 3.46. The van der Waals surface area contributed by atoms with Crippen LogP contribution in [0.2, 0.25) is 0 Å². The first-order valence-corrected chi connectivity index (χ1v) is 1.65. The molecule has 0 fully saturated rings. The van der Waals surface area contributed by atoms with Gasteiger partial charge in [0, 0.05) is 0 Å². The zero-order chi connectivity index (χ0) is 4.12. The Bertz CT molecular complexity index is 45.9. The number of hydrogen-bond donors (Lipinski definition) is 0. The van der Waals surface area contributed by atoms with Crippen LogP contribution in [0.3, 0.4) is 0 Å². The minimum absolute atomic E-state index is 0. The van der Waals surface area contributed by atoms with Gasteiger partial charge in [0.05, 0.1) is 0 Å². The van der Waals surface area contributed by atoms with Gasteiger partial charge in [-0.1, -0.05) is 24.8 Å². The third kappa shape index (κ3) is 9.03. The van der Waals surface area contributed by atoms with Crippen molar-refractivity contribution in [1.82, 2.24) is 0 Å². The van der Waals surface area contributed by atoms with E-state index >= 15 is 0 Å². The second-order valence-electron chi connectivity index (χ2n) is 0.761. The number of rotatable bonds is 1. The molecule has 1 heteroatoms. The van der Waals surface area contributed by atoms with Crippen molar-refractivity contribution in [3.63, 3.8) is 0 Å². The van der Waals surface area contributed by atoms with E-state index in [9.17, 15) is 0 Å². The molecule has 0 aromatic heterocycles. The van der Waals surface area contributed by atoms with Gasteiger partial charge in [0.25, 0.3) is 0 Å². The summed E-state index contributed by atoms with van der Waals surface area (Å²) in [6.07, 6.45) is 5.58. The SMILES string of the molecule is Br.C=CC=CC. The average Bonchev–Trinajstić information content (AvgIpc) is 1.41. The molecule has 0 saturated heterocycles. The summed E-state index contributed by atoms with van der Waals surface area (Å²) in [6, 6.07) is 0. The fourth-order valence-electron chi connectivity index (χ4n) is 0.136. The van der Waals surface area contributed by atoms with E-state index in [-0.39, 0.29) is 17.0 Å². The van der Waals surface area contributed by atoms with Crippen molar-refractivity contribution in [2.24, 2.45) is 0 Å². The van der Waals surface area contributed by atoms with Crippen molar-refractivity contribution in [3.05, 3.63) is 24.8 Å². The molecule has 0 aliphatic heterocycles. The summed E-state index contributed by atoms with van der Waals surface area (Å²) in [7, 11) is 0. The summed E-state index contributed by atoms with van der Waals surface area (Å²) >= 11 is 0. The van der Waals surface area contributed by atoms with Crippen LogP contribution >= 0.6 is 17.0 Å². The van der Waals surface area contributed by atoms with Gasteiger partial charge < -0.3 is 0 Å². The van der Waals surface area contributed by atoms with E-state index in [2.05, 4.69) is 6.58 Å². The maximum Gasteiger partial charge on any atom is -0.0467 e. The normalized spacial score (nSPS) is 7.50. The zero-order valence-electron chi connectivity index (χ0n) is 3.85. The second-order valence-corrected chi connectivity index (χ2v) is 0.761. The predicted octanol–water partition coefficient (Wildman–Crippen LogP) is 2.33. The van der Waals surface area contributed by atoms with E-state index in [1.807, 2.05) is 19.1 Å². The first-order chi connectivity index (χ1) is 2.41. The smallest absolute Gasteiger partial charge is 0.0467 e. The topological polar surface area (TPSA) is 0 Å². The van der Waals surface area contributed by atoms with Crippen molar-refractivity contribution >= 4 is 17.0 Å². The average molecular weight is 149 g/mol. The van der Waals surface area contributed by atoms with Crippen molar-refractivity contribution < 1.29 is 0 Å². The lowest BCUT2D eigenvalue weighted by molar-refractivity contribution is 1.74. The molecule has 0 atom stereocenters. The summed E-state index contributed by atoms with van der Waals surface area (Å²) in [5.74, 6) is 0. The highest BCUT2D eigenvalue weighted by Crippen LogP contribution is 1.64. The standard InChI is InChI=1S/C5H8.BrH/c1-3-5-4-2;/h3-5H,1H2,2H3;1H. The van der Waals surface area contributed by atoms with Gasteiger partial charge in [0.2, 0.25) is 0 Å². The Hall–Kier alpha value is -0.0400. The molecule has 36 valence electrons. The summed E-state index contributed by atoms with van der Waals surface area (Å²) in [6.45, 7) is 5.42. The molecule has 0 aliphatic rings. The van der Waals surface area contributed by atoms with Gasteiger partial charge in [-0.2, -0.15) is 0 Å². The second kappa shape index (κ2) is 8.88. The van der Waals surface area contributed by atoms with Gasteiger partial charge >= 0.3 is 0 Å². The van der Waals surface area contributed by atoms with Crippen LogP contribution in [0.25, 0.3) is 0 Å². The lowest BCUT2D eigenvalue weighted by atomic mass is 10.5. The van der Waals surface area contributed by atoms with Crippen LogP contribution in [0, 0.1) is 0 Å². The Balaban J connectivity index is 0. The van der Waals surface area contributed by atoms with Crippen LogP contribution in [0.15, 0.2) is 24.8 Å². The molecule has 0 radical (unpaired) electrons. The van der Waals surface area contributed by atoms with E-state index in [0.29, 0.717) is 0 Å². The fraction of sp³-hybridized carbons (Fsp3) is 0.200. The Morgan fingerprint density at radius 3 is 2.00 bits per heavy atom. The van der Waals surface area contributed by atoms with Crippen LogP contribution in [0.5, 0.6) is 0 Å². The van der Waals surface area contributed by atoms with Gasteiger partial charge in [0.15, 0.2) is 0 Å². The minimum Gasteiger partial charge on any atom is -0.114 e. The molecular formula is C5H9Br. The lowest BCUT2D eigenvalue weighted by Crippen LogP contribution is -1.33. The van der Waals surface area contributed by atoms with Crippen molar-refractivity contribution in [1.29, 1.82) is 0 Å². The molecule has 0 aromatic carbocycles. The van der Waals surface area contributed by atoms with Crippen LogP contribution in [-0.2, 0) is 0 Å². The van der Waals surface area contributed by atoms with Crippen LogP contribution in [0.4, 0.5) is 0 Å². The Morgan fingerprint density at radius 1 is 1.50 bits per heavy atom. The van der Waals surface area contributed by atoms with Gasteiger partial charge in [-0.3, -0.25) is 0 Å². The minimum atomic E-state index is 0. The quantitative estimate of drug-likeness (QED) is 0.502. The maximum absolute atomic E-state index is 3.46. The van der Waals surface area contributed by atoms with Gasteiger partial charge in [0.1, 0.15) is 0 Å². The highest BCUT2D eigenvalue weighted by Gasteiger charge is 1.42. The third-order valence-electron chi connectivity index (χ3n) is 0.329. The first kappa shape index (κ1) is 9.35. The van der Waals surface area contributed by atoms with Gasteiger partial charge in [-0.25, -0.2) is 0 Å².